The maximum absolute atomic E-state index is 13.4. The van der Waals surface area contributed by atoms with Gasteiger partial charge in [0, 0.05) is 49.0 Å². The Morgan fingerprint density at radius 1 is 0.770 bits per heavy atom. The highest BCUT2D eigenvalue weighted by atomic mass is 16.2. The molecule has 3 amide bonds. The molecule has 1 fully saturated rings. The lowest BCUT2D eigenvalue weighted by atomic mass is 9.77. The number of hydrogen-bond acceptors (Lipinski definition) is 6. The number of aryl methyl sites for hydroxylation is 3. The number of nitrogens with one attached hydrogen (secondary N) is 2. The van der Waals surface area contributed by atoms with Crippen LogP contribution in [0.25, 0.3) is 0 Å². The van der Waals surface area contributed by atoms with Gasteiger partial charge in [0.2, 0.25) is 11.8 Å². The third-order valence-electron chi connectivity index (χ3n) is 12.5. The van der Waals surface area contributed by atoms with E-state index < -0.39 is 11.9 Å². The molecule has 3 aromatic carbocycles. The van der Waals surface area contributed by atoms with Crippen LogP contribution in [-0.4, -0.2) is 46.0 Å². The third-order valence-corrected chi connectivity index (χ3v) is 12.5. The summed E-state index contributed by atoms with van der Waals surface area (Å²) in [6.45, 7) is 12.7. The van der Waals surface area contributed by atoms with Crippen LogP contribution in [-0.2, 0) is 34.3 Å². The fourth-order valence-corrected chi connectivity index (χ4v) is 8.40. The van der Waals surface area contributed by atoms with Gasteiger partial charge in [0.1, 0.15) is 11.7 Å². The van der Waals surface area contributed by atoms with Crippen molar-refractivity contribution in [1.82, 2.24) is 15.2 Å². The summed E-state index contributed by atoms with van der Waals surface area (Å²) in [5, 5.41) is 5.83. The van der Waals surface area contributed by atoms with E-state index in [0.717, 1.165) is 49.0 Å². The van der Waals surface area contributed by atoms with Gasteiger partial charge >= 0.3 is 0 Å². The van der Waals surface area contributed by atoms with Gasteiger partial charge in [-0.2, -0.15) is 0 Å². The van der Waals surface area contributed by atoms with Crippen molar-refractivity contribution in [1.29, 1.82) is 0 Å². The second-order valence-electron chi connectivity index (χ2n) is 17.4. The van der Waals surface area contributed by atoms with Crippen LogP contribution in [0.15, 0.2) is 97.8 Å². The minimum absolute atomic E-state index is 0.00475. The zero-order valence-electron chi connectivity index (χ0n) is 37.2. The number of amides is 3. The number of imide groups is 1. The molecule has 5 rings (SSSR count). The normalized spacial score (nSPS) is 14.1. The lowest BCUT2D eigenvalue weighted by Gasteiger charge is -2.30. The van der Waals surface area contributed by atoms with Crippen LogP contribution >= 0.6 is 0 Å². The fourth-order valence-electron chi connectivity index (χ4n) is 8.40. The second-order valence-corrected chi connectivity index (χ2v) is 17.4. The summed E-state index contributed by atoms with van der Waals surface area (Å²) in [6.07, 6.45) is 21.8. The van der Waals surface area contributed by atoms with Crippen LogP contribution in [0, 0.1) is 6.92 Å². The van der Waals surface area contributed by atoms with Gasteiger partial charge in [0.05, 0.1) is 0 Å². The van der Waals surface area contributed by atoms with Crippen molar-refractivity contribution in [2.75, 3.05) is 11.9 Å². The fraction of sp³-hybridized carbons (Fsp3) is 0.453. The maximum atomic E-state index is 13.4. The number of pyridine rings is 1. The molecule has 1 aliphatic heterocycles. The first-order chi connectivity index (χ1) is 29.5. The summed E-state index contributed by atoms with van der Waals surface area (Å²) >= 11 is 0. The summed E-state index contributed by atoms with van der Waals surface area (Å²) in [5.74, 6) is -1.05. The molecule has 0 bridgehead atoms. The van der Waals surface area contributed by atoms with Crippen LogP contribution in [0.4, 0.5) is 5.69 Å². The Hall–Kier alpha value is -5.37. The summed E-state index contributed by atoms with van der Waals surface area (Å²) in [6, 6.07) is 27.1. The zero-order valence-corrected chi connectivity index (χ0v) is 37.2. The van der Waals surface area contributed by atoms with E-state index in [9.17, 15) is 19.2 Å². The molecule has 324 valence electrons. The van der Waals surface area contributed by atoms with Gasteiger partial charge in [-0.3, -0.25) is 29.5 Å². The number of unbranched alkanes of at least 4 members (excludes halogenated alkanes) is 11. The molecule has 1 atom stereocenters. The number of anilines is 1. The number of hydrogen-bond donors (Lipinski definition) is 2. The van der Waals surface area contributed by atoms with E-state index in [2.05, 4.69) is 84.6 Å². The van der Waals surface area contributed by atoms with Gasteiger partial charge in [0.15, 0.2) is 5.78 Å². The molecule has 2 N–H and O–H groups in total. The molecule has 8 nitrogen and oxygen atoms in total. The number of ketones is 1. The second kappa shape index (κ2) is 23.6. The van der Waals surface area contributed by atoms with Crippen molar-refractivity contribution >= 4 is 29.2 Å². The molecular weight excluding hydrogens is 757 g/mol. The molecule has 4 aromatic rings. The van der Waals surface area contributed by atoms with Crippen molar-refractivity contribution in [3.8, 4) is 0 Å². The number of piperidine rings is 1. The van der Waals surface area contributed by atoms with Crippen molar-refractivity contribution in [2.45, 2.75) is 148 Å². The average molecular weight is 825 g/mol. The Labute approximate surface area is 365 Å². The van der Waals surface area contributed by atoms with E-state index in [1.165, 1.54) is 104 Å². The Balaban J connectivity index is 0.881. The van der Waals surface area contributed by atoms with E-state index in [4.69, 9.17) is 0 Å². The molecule has 1 aromatic heterocycles. The van der Waals surface area contributed by atoms with Gasteiger partial charge in [0.25, 0.3) is 5.91 Å². The Morgan fingerprint density at radius 3 is 1.90 bits per heavy atom. The van der Waals surface area contributed by atoms with E-state index in [0.29, 0.717) is 17.7 Å². The lowest BCUT2D eigenvalue weighted by molar-refractivity contribution is -0.136. The van der Waals surface area contributed by atoms with Crippen LogP contribution in [0.2, 0.25) is 0 Å². The predicted octanol–water partition coefficient (Wildman–Crippen LogP) is 11.4. The van der Waals surface area contributed by atoms with E-state index in [1.54, 1.807) is 19.2 Å². The monoisotopic (exact) mass is 825 g/mol. The summed E-state index contributed by atoms with van der Waals surface area (Å²) < 4.78 is 0. The lowest BCUT2D eigenvalue weighted by Crippen LogP contribution is -2.52. The minimum Gasteiger partial charge on any atom is -0.385 e. The zero-order chi connectivity index (χ0) is 43.6. The van der Waals surface area contributed by atoms with Gasteiger partial charge in [-0.1, -0.05) is 139 Å². The van der Waals surface area contributed by atoms with Crippen LogP contribution in [0.5, 0.6) is 0 Å². The highest BCUT2D eigenvalue weighted by molar-refractivity contribution is 6.05. The number of aromatic nitrogens is 1. The largest absolute Gasteiger partial charge is 0.385 e. The number of rotatable bonds is 25. The predicted molar refractivity (Wildman–Crippen MR) is 248 cm³/mol. The summed E-state index contributed by atoms with van der Waals surface area (Å²) in [4.78, 5) is 54.6. The molecule has 1 saturated heterocycles. The first-order valence-electron chi connectivity index (χ1n) is 22.7. The first-order valence-corrected chi connectivity index (χ1v) is 22.7. The van der Waals surface area contributed by atoms with Crippen LogP contribution < -0.4 is 10.6 Å². The number of carbonyl (C=O) groups excluding carboxylic acids is 4. The van der Waals surface area contributed by atoms with Crippen molar-refractivity contribution in [3.05, 3.63) is 142 Å². The smallest absolute Gasteiger partial charge is 0.258 e. The third kappa shape index (κ3) is 13.8. The molecule has 61 heavy (non-hydrogen) atoms. The minimum atomic E-state index is -0.733. The van der Waals surface area contributed by atoms with Crippen molar-refractivity contribution in [3.63, 3.8) is 0 Å². The Bertz CT molecular complexity index is 2070. The number of nitrogens with zero attached hydrogens (tertiary/aromatic N) is 2. The summed E-state index contributed by atoms with van der Waals surface area (Å²) in [7, 11) is 0. The Kier molecular flexibility index (Phi) is 18.0. The van der Waals surface area contributed by atoms with E-state index in [1.807, 2.05) is 31.2 Å². The quantitative estimate of drug-likeness (QED) is 0.0391. The highest BCUT2D eigenvalue weighted by Gasteiger charge is 2.34. The molecule has 0 radical (unpaired) electrons. The molecule has 0 aliphatic carbocycles. The first kappa shape index (κ1) is 46.7. The number of carbonyl (C=O) groups is 4. The van der Waals surface area contributed by atoms with Gasteiger partial charge in [-0.25, -0.2) is 0 Å². The molecule has 0 saturated carbocycles. The molecular formula is C53H68N4O4. The van der Waals surface area contributed by atoms with E-state index >= 15 is 0 Å². The van der Waals surface area contributed by atoms with Crippen molar-refractivity contribution in [2.24, 2.45) is 0 Å². The molecule has 2 heterocycles. The maximum Gasteiger partial charge on any atom is 0.258 e. The molecule has 1 aliphatic rings. The highest BCUT2D eigenvalue weighted by Crippen LogP contribution is 2.32. The average Bonchev–Trinajstić information content (AvgIpc) is 3.26. The SMILES string of the molecule is C=CN(C(=O)c1cccc(NCCCCCCCCCCCCCCc2ccc(C(C)(C)c3ccc(CCc4ccnc(C(C)=O)c4)cc3)cc2)c1C)C1CCC(=O)NC1=O. The van der Waals surface area contributed by atoms with Crippen LogP contribution in [0.1, 0.15) is 165 Å². The topological polar surface area (TPSA) is 108 Å². The van der Waals surface area contributed by atoms with Gasteiger partial charge in [-0.05, 0) is 103 Å². The molecule has 0 spiro atoms. The van der Waals surface area contributed by atoms with Gasteiger partial charge in [-0.15, -0.1) is 0 Å². The van der Waals surface area contributed by atoms with E-state index in [-0.39, 0.29) is 29.4 Å². The molecule has 1 unspecified atom stereocenters. The molecule has 8 heteroatoms. The van der Waals surface area contributed by atoms with Crippen molar-refractivity contribution < 1.29 is 19.2 Å². The van der Waals surface area contributed by atoms with Gasteiger partial charge < -0.3 is 10.2 Å². The standard InChI is InChI=1S/C53H68N4O4/c1-6-57(49-33-34-50(59)56-51(49)60)52(61)46-21-19-22-47(39(46)2)54-36-18-16-14-12-10-8-7-9-11-13-15-17-20-41-25-29-44(30-26-41)53(4,5)45-31-27-42(28-32-45)23-24-43-35-37-55-48(38-43)40(3)58/h6,19,21-22,25-32,35,37-38,49,54H,1,7-18,20,23-24,33-34,36H2,2-5H3,(H,56,59,60). The summed E-state index contributed by atoms with van der Waals surface area (Å²) in [5.41, 5.74) is 9.27. The van der Waals surface area contributed by atoms with Crippen LogP contribution in [0.3, 0.4) is 0 Å². The number of Topliss-reactive ketones (excluding diaryl/α,β-unsaturated/α-hetero) is 1. The Morgan fingerprint density at radius 2 is 1.33 bits per heavy atom. The number of benzene rings is 3.